The van der Waals surface area contributed by atoms with Gasteiger partial charge in [-0.2, -0.15) is 17.2 Å². The number of nitrogens with one attached hydrogen (secondary N) is 3. The fourth-order valence-electron chi connectivity index (χ4n) is 16.1. The van der Waals surface area contributed by atoms with Crippen LogP contribution in [0.5, 0.6) is 11.5 Å². The van der Waals surface area contributed by atoms with Crippen LogP contribution in [-0.4, -0.2) is 132 Å². The number of benzene rings is 8. The molecule has 0 atom stereocenters. The van der Waals surface area contributed by atoms with Crippen LogP contribution in [0, 0.1) is 40.5 Å². The van der Waals surface area contributed by atoms with Crippen molar-refractivity contribution in [1.29, 1.82) is 0 Å². The molecular formula is C84H89BrCl5N7O10S4. The highest BCUT2D eigenvalue weighted by atomic mass is 79.9. The minimum atomic E-state index is -3.64. The summed E-state index contributed by atoms with van der Waals surface area (Å²) in [7, 11) is -11.2. The first-order valence-corrected chi connectivity index (χ1v) is 45.5. The smallest absolute Gasteiger partial charge is 0.246 e. The molecule has 17 nitrogen and oxygen atoms in total. The zero-order valence-electron chi connectivity index (χ0n) is 62.7. The molecule has 111 heavy (non-hydrogen) atoms. The van der Waals surface area contributed by atoms with E-state index < -0.39 is 40.1 Å². The number of sulfonamides is 4. The first-order valence-electron chi connectivity index (χ1n) is 37.0. The van der Waals surface area contributed by atoms with E-state index in [1.54, 1.807) is 82.4 Å². The van der Waals surface area contributed by atoms with Gasteiger partial charge in [0.25, 0.3) is 0 Å². The molecule has 4 saturated heterocycles. The molecule has 3 aromatic heterocycles. The number of nitrogens with zero attached hydrogens (tertiary/aromatic N) is 4. The Morgan fingerprint density at radius 1 is 0.414 bits per heavy atom. The maximum Gasteiger partial charge on any atom is 0.246 e. The number of fused-ring (bicyclic) bond motifs is 4. The third-order valence-corrected chi connectivity index (χ3v) is 32.3. The van der Waals surface area contributed by atoms with Crippen LogP contribution in [0.1, 0.15) is 125 Å². The van der Waals surface area contributed by atoms with Gasteiger partial charge in [-0.1, -0.05) is 128 Å². The number of methoxy groups -OCH3 is 2. The Morgan fingerprint density at radius 3 is 1.38 bits per heavy atom. The number of rotatable bonds is 14. The molecule has 8 aromatic carbocycles. The Hall–Kier alpha value is -6.71. The van der Waals surface area contributed by atoms with Gasteiger partial charge >= 0.3 is 0 Å². The molecule has 586 valence electrons. The molecule has 5 aliphatic rings. The largest absolute Gasteiger partial charge is 0.497 e. The second-order valence-corrected chi connectivity index (χ2v) is 39.9. The van der Waals surface area contributed by atoms with E-state index in [0.717, 1.165) is 89.9 Å². The zero-order chi connectivity index (χ0) is 79.0. The fraction of sp³-hybridized carbons (Fsp3) is 0.333. The summed E-state index contributed by atoms with van der Waals surface area (Å²) >= 11 is 33.7. The van der Waals surface area contributed by atoms with Crippen molar-refractivity contribution in [3.8, 4) is 11.5 Å². The van der Waals surface area contributed by atoms with E-state index in [-0.39, 0.29) is 19.7 Å². The van der Waals surface area contributed by atoms with Gasteiger partial charge in [-0.3, -0.25) is 0 Å². The number of ether oxygens (including phenoxy) is 2. The Kier molecular flexibility index (Phi) is 25.5. The highest BCUT2D eigenvalue weighted by Gasteiger charge is 2.38. The predicted octanol–water partition coefficient (Wildman–Crippen LogP) is 20.5. The summed E-state index contributed by atoms with van der Waals surface area (Å²) in [5, 5.41) is 5.42. The van der Waals surface area contributed by atoms with E-state index in [2.05, 4.69) is 125 Å². The molecule has 0 unspecified atom stereocenters. The number of allylic oxidation sites excluding steroid dienone is 2. The molecule has 27 heteroatoms. The normalized spacial score (nSPS) is 17.0. The first kappa shape index (κ1) is 82.3. The topological polar surface area (TPSA) is 215 Å². The predicted molar refractivity (Wildman–Crippen MR) is 452 cm³/mol. The Bertz CT molecular complexity index is 5800. The lowest BCUT2D eigenvalue weighted by molar-refractivity contribution is 0.311. The van der Waals surface area contributed by atoms with Gasteiger partial charge in [-0.05, 0) is 269 Å². The number of aryl methyl sites for hydroxylation is 4. The summed E-state index contributed by atoms with van der Waals surface area (Å²) in [5.41, 5.74) is 16.4. The second-order valence-electron chi connectivity index (χ2n) is 29.2. The summed E-state index contributed by atoms with van der Waals surface area (Å²) in [6.45, 7) is 13.8. The van der Waals surface area contributed by atoms with Crippen LogP contribution in [0.2, 0.25) is 25.1 Å². The van der Waals surface area contributed by atoms with Crippen LogP contribution >= 0.6 is 73.9 Å². The minimum absolute atomic E-state index is 0.136. The van der Waals surface area contributed by atoms with Gasteiger partial charge < -0.3 is 24.4 Å². The molecule has 0 saturated carbocycles. The maximum atomic E-state index is 13.2. The van der Waals surface area contributed by atoms with E-state index in [4.69, 9.17) is 67.5 Å². The lowest BCUT2D eigenvalue weighted by Crippen LogP contribution is -2.38. The molecule has 0 amide bonds. The lowest BCUT2D eigenvalue weighted by atomic mass is 9.86. The first-order chi connectivity index (χ1) is 52.9. The lowest BCUT2D eigenvalue weighted by Gasteiger charge is -2.32. The van der Waals surface area contributed by atoms with Crippen LogP contribution < -0.4 is 9.47 Å². The quantitative estimate of drug-likeness (QED) is 0.0936. The third-order valence-electron chi connectivity index (χ3n) is 22.4. The van der Waals surface area contributed by atoms with Crippen molar-refractivity contribution >= 4 is 152 Å². The Balaban J connectivity index is 0.000000130. The van der Waals surface area contributed by atoms with Gasteiger partial charge in [0.15, 0.2) is 0 Å². The van der Waals surface area contributed by atoms with Crippen LogP contribution in [0.4, 0.5) is 0 Å². The summed E-state index contributed by atoms with van der Waals surface area (Å²) in [5.74, 6) is 2.58. The van der Waals surface area contributed by atoms with Crippen LogP contribution in [0.25, 0.3) is 38.3 Å². The average molecular weight is 1740 g/mol. The Morgan fingerprint density at radius 2 is 0.874 bits per heavy atom. The van der Waals surface area contributed by atoms with E-state index in [9.17, 15) is 33.7 Å². The van der Waals surface area contributed by atoms with Crippen LogP contribution in [0.3, 0.4) is 0 Å². The molecule has 16 rings (SSSR count). The van der Waals surface area contributed by atoms with Gasteiger partial charge in [0.05, 0.1) is 29.0 Å². The Labute approximate surface area is 684 Å². The SMILES string of the molecule is COc1ccc2[nH]cc(C3CCN(S(=O)(=O)c4ccc(Br)cc4OC)CC3)c2c1.Cc1ccc2[nH]cc(C3CCN(S(=O)(=O)c4cc(C)c(Cl)cc4Cl)CC3)c2c1.Cc1ccc2[nH]cc(C3CCN(S(=O)(=O)c4cccc(Cl)c4C)CC3)c2c1.Cc1cccc2c1CC=C2C1CCN(S(=O)(=O)c2cc(Cl)cc(Cl)c2)CC1. The standard InChI is InChI=1S/C21H23BrN2O4S.C21H22Cl2N2O2S.C21H21Cl2NO2S.C21H23ClN2O2S/c1-27-16-4-5-19-17(12-16)18(13-23-19)14-7-9-24(10-8-14)29(25,26)21-6-3-15(22)11-20(21)28-2;1-13-3-4-20-16(9-13)17(12-24-20)15-5-7-25(8-6-15)28(26,27)21-10-14(2)18(22)11-19(21)23;1-14-3-2-4-21-19(14)5-6-20(21)15-7-9-24(10-8-15)27(25,26)18-12-16(22)11-17(23)13-18;1-14-6-7-20-17(12-14)18(13-23-20)16-8-10-24(11-9-16)27(25,26)21-5-3-4-19(22)15(21)2/h3-6,11-14,23H,7-10H2,1-2H3;3-4,9-12,15,24H,5-8H2,1-2H3;2-4,6,11-13,15H,5,7-10H2,1H3;3-7,12-13,16,23H,8-11H2,1-2H3. The molecule has 1 aliphatic carbocycles. The summed E-state index contributed by atoms with van der Waals surface area (Å²) in [6.07, 6.45) is 15.9. The summed E-state index contributed by atoms with van der Waals surface area (Å²) in [6, 6.07) is 42.8. The van der Waals surface area contributed by atoms with Gasteiger partial charge in [-0.15, -0.1) is 0 Å². The van der Waals surface area contributed by atoms with Crippen molar-refractivity contribution in [2.24, 2.45) is 5.92 Å². The van der Waals surface area contributed by atoms with Crippen molar-refractivity contribution in [2.75, 3.05) is 66.6 Å². The molecule has 0 bridgehead atoms. The van der Waals surface area contributed by atoms with Crippen LogP contribution in [0.15, 0.2) is 188 Å². The van der Waals surface area contributed by atoms with Crippen molar-refractivity contribution < 1.29 is 43.1 Å². The van der Waals surface area contributed by atoms with Crippen molar-refractivity contribution in [1.82, 2.24) is 32.2 Å². The van der Waals surface area contributed by atoms with Gasteiger partial charge in [0, 0.05) is 128 Å². The highest BCUT2D eigenvalue weighted by molar-refractivity contribution is 9.10. The van der Waals surface area contributed by atoms with Crippen molar-refractivity contribution in [2.45, 2.75) is 130 Å². The van der Waals surface area contributed by atoms with Gasteiger partial charge in [-0.25, -0.2) is 33.7 Å². The number of hydrogen-bond acceptors (Lipinski definition) is 10. The summed E-state index contributed by atoms with van der Waals surface area (Å²) in [4.78, 5) is 10.8. The van der Waals surface area contributed by atoms with Crippen molar-refractivity contribution in [3.05, 3.63) is 249 Å². The molecule has 11 aromatic rings. The number of hydrogen-bond donors (Lipinski definition) is 3. The number of aromatic nitrogens is 3. The van der Waals surface area contributed by atoms with E-state index in [1.807, 2.05) is 24.4 Å². The van der Waals surface area contributed by atoms with Gasteiger partial charge in [0.2, 0.25) is 40.1 Å². The number of piperidine rings is 4. The van der Waals surface area contributed by atoms with Crippen LogP contribution in [-0.2, 0) is 46.5 Å². The highest BCUT2D eigenvalue weighted by Crippen LogP contribution is 2.44. The van der Waals surface area contributed by atoms with E-state index in [1.165, 1.54) is 90.5 Å². The zero-order valence-corrected chi connectivity index (χ0v) is 71.3. The number of halogens is 6. The van der Waals surface area contributed by atoms with Crippen molar-refractivity contribution in [3.63, 3.8) is 0 Å². The maximum absolute atomic E-state index is 13.2. The van der Waals surface area contributed by atoms with Gasteiger partial charge in [0.1, 0.15) is 21.3 Å². The molecule has 0 spiro atoms. The van der Waals surface area contributed by atoms with E-state index >= 15 is 0 Å². The summed E-state index contributed by atoms with van der Waals surface area (Å²) < 4.78 is 122. The molecule has 0 radical (unpaired) electrons. The fourth-order valence-corrected chi connectivity index (χ4v) is 24.5. The molecule has 3 N–H and O–H groups in total. The molecular weight excluding hydrogens is 1650 g/mol. The number of H-pyrrole nitrogens is 3. The minimum Gasteiger partial charge on any atom is -0.497 e. The molecule has 4 fully saturated rings. The monoisotopic (exact) mass is 1740 g/mol. The van der Waals surface area contributed by atoms with E-state index in [0.29, 0.717) is 118 Å². The number of aromatic amines is 3. The molecule has 7 heterocycles. The third kappa shape index (κ3) is 17.6. The second kappa shape index (κ2) is 34.4. The average Bonchev–Trinajstić information content (AvgIpc) is 1.12. The molecule has 4 aliphatic heterocycles.